The number of nitrogens with two attached hydrogens (primary N) is 1. The van der Waals surface area contributed by atoms with Gasteiger partial charge >= 0.3 is 0 Å². The van der Waals surface area contributed by atoms with Gasteiger partial charge in [-0.25, -0.2) is 0 Å². The Bertz CT molecular complexity index is 393. The lowest BCUT2D eigenvalue weighted by molar-refractivity contribution is 0.404. The van der Waals surface area contributed by atoms with Crippen LogP contribution in [0.2, 0.25) is 0 Å². The van der Waals surface area contributed by atoms with Crippen LogP contribution in [0.1, 0.15) is 39.0 Å². The molecule has 0 bridgehead atoms. The summed E-state index contributed by atoms with van der Waals surface area (Å²) < 4.78 is 17.4. The minimum absolute atomic E-state index is 0.627. The first-order valence-corrected chi connectivity index (χ1v) is 7.82. The van der Waals surface area contributed by atoms with Gasteiger partial charge in [0.1, 0.15) is 5.75 Å². The Morgan fingerprint density at radius 1 is 1.22 bits per heavy atom. The van der Waals surface area contributed by atoms with Gasteiger partial charge in [0, 0.05) is 17.5 Å². The molecule has 102 valence electrons. The van der Waals surface area contributed by atoms with Crippen molar-refractivity contribution in [3.05, 3.63) is 18.2 Å². The van der Waals surface area contributed by atoms with Crippen LogP contribution in [0, 0.1) is 0 Å². The molecule has 0 amide bonds. The molecule has 0 heterocycles. The number of hydrogen-bond acceptors (Lipinski definition) is 3. The lowest BCUT2D eigenvalue weighted by atomic mass is 10.2. The summed E-state index contributed by atoms with van der Waals surface area (Å²) in [6.45, 7) is 2.19. The zero-order chi connectivity index (χ0) is 13.4. The Morgan fingerprint density at radius 2 is 1.94 bits per heavy atom. The van der Waals surface area contributed by atoms with Gasteiger partial charge in [-0.3, -0.25) is 4.21 Å². The third-order valence-electron chi connectivity index (χ3n) is 2.87. The number of rotatable bonds is 8. The van der Waals surface area contributed by atoms with Crippen molar-refractivity contribution in [3.63, 3.8) is 0 Å². The second-order valence-corrected chi connectivity index (χ2v) is 5.91. The summed E-state index contributed by atoms with van der Waals surface area (Å²) in [5.74, 6) is 1.33. The number of hydrogen-bond donors (Lipinski definition) is 1. The number of benzene rings is 1. The van der Waals surface area contributed by atoms with Crippen LogP contribution in [-0.2, 0) is 10.8 Å². The van der Waals surface area contributed by atoms with Crippen LogP contribution in [0.4, 0.5) is 5.69 Å². The van der Waals surface area contributed by atoms with E-state index in [4.69, 9.17) is 10.5 Å². The second kappa shape index (κ2) is 8.14. The van der Waals surface area contributed by atoms with Gasteiger partial charge in [-0.05, 0) is 18.6 Å². The van der Waals surface area contributed by atoms with E-state index >= 15 is 0 Å². The third kappa shape index (κ3) is 4.69. The number of unbranched alkanes of at least 4 members (excludes halogenated alkanes) is 4. The van der Waals surface area contributed by atoms with E-state index in [0.29, 0.717) is 17.2 Å². The summed E-state index contributed by atoms with van der Waals surface area (Å²) in [5, 5.41) is 0. The minimum Gasteiger partial charge on any atom is -0.495 e. The molecule has 0 aliphatic carbocycles. The molecule has 1 atom stereocenters. The molecular formula is C14H23NO2S. The molecule has 1 aromatic carbocycles. The smallest absolute Gasteiger partial charge is 0.137 e. The molecule has 4 heteroatoms. The van der Waals surface area contributed by atoms with Crippen LogP contribution in [0.15, 0.2) is 23.1 Å². The number of anilines is 1. The molecule has 1 rings (SSSR count). The highest BCUT2D eigenvalue weighted by atomic mass is 32.2. The number of methoxy groups -OCH3 is 1. The van der Waals surface area contributed by atoms with Crippen molar-refractivity contribution in [2.75, 3.05) is 18.6 Å². The van der Waals surface area contributed by atoms with Crippen LogP contribution < -0.4 is 10.5 Å². The number of ether oxygens (including phenoxy) is 1. The highest BCUT2D eigenvalue weighted by Crippen LogP contribution is 2.25. The molecule has 3 nitrogen and oxygen atoms in total. The fraction of sp³-hybridized carbons (Fsp3) is 0.571. The van der Waals surface area contributed by atoms with Crippen LogP contribution in [0.3, 0.4) is 0 Å². The Kier molecular flexibility index (Phi) is 6.80. The zero-order valence-corrected chi connectivity index (χ0v) is 12.1. The Morgan fingerprint density at radius 3 is 2.61 bits per heavy atom. The van der Waals surface area contributed by atoms with Gasteiger partial charge < -0.3 is 10.5 Å². The Balaban J connectivity index is 2.51. The van der Waals surface area contributed by atoms with Gasteiger partial charge in [0.05, 0.1) is 22.8 Å². The summed E-state index contributed by atoms with van der Waals surface area (Å²) >= 11 is 0. The molecule has 0 aliphatic heterocycles. The maximum absolute atomic E-state index is 12.2. The summed E-state index contributed by atoms with van der Waals surface area (Å²) in [4.78, 5) is 0.752. The van der Waals surface area contributed by atoms with Gasteiger partial charge in [-0.2, -0.15) is 0 Å². The van der Waals surface area contributed by atoms with E-state index in [1.54, 1.807) is 25.3 Å². The van der Waals surface area contributed by atoms with Gasteiger partial charge in [-0.15, -0.1) is 0 Å². The Hall–Kier alpha value is -1.03. The lowest BCUT2D eigenvalue weighted by Gasteiger charge is -2.09. The first-order valence-electron chi connectivity index (χ1n) is 6.51. The maximum atomic E-state index is 12.2. The van der Waals surface area contributed by atoms with E-state index in [9.17, 15) is 4.21 Å². The topological polar surface area (TPSA) is 52.3 Å². The summed E-state index contributed by atoms with van der Waals surface area (Å²) in [6, 6.07) is 5.30. The molecule has 1 aromatic rings. The Labute approximate surface area is 112 Å². The van der Waals surface area contributed by atoms with Crippen LogP contribution in [0.5, 0.6) is 5.75 Å². The maximum Gasteiger partial charge on any atom is 0.137 e. The first kappa shape index (κ1) is 15.0. The van der Waals surface area contributed by atoms with E-state index in [1.165, 1.54) is 19.3 Å². The van der Waals surface area contributed by atoms with Crippen molar-refractivity contribution in [1.29, 1.82) is 0 Å². The van der Waals surface area contributed by atoms with Gasteiger partial charge in [0.15, 0.2) is 0 Å². The highest BCUT2D eigenvalue weighted by molar-refractivity contribution is 7.85. The molecule has 1 unspecified atom stereocenters. The molecular weight excluding hydrogens is 246 g/mol. The van der Waals surface area contributed by atoms with Crippen LogP contribution >= 0.6 is 0 Å². The van der Waals surface area contributed by atoms with Crippen molar-refractivity contribution in [2.24, 2.45) is 0 Å². The highest BCUT2D eigenvalue weighted by Gasteiger charge is 2.10. The third-order valence-corrected chi connectivity index (χ3v) is 4.35. The molecule has 0 aliphatic rings. The van der Waals surface area contributed by atoms with E-state index in [2.05, 4.69) is 6.92 Å². The fourth-order valence-corrected chi connectivity index (χ4v) is 3.09. The van der Waals surface area contributed by atoms with E-state index in [-0.39, 0.29) is 0 Å². The van der Waals surface area contributed by atoms with E-state index < -0.39 is 10.8 Å². The van der Waals surface area contributed by atoms with Crippen molar-refractivity contribution in [3.8, 4) is 5.75 Å². The van der Waals surface area contributed by atoms with Crippen molar-refractivity contribution >= 4 is 16.5 Å². The van der Waals surface area contributed by atoms with E-state index in [0.717, 1.165) is 17.7 Å². The SMILES string of the molecule is CCCCCCCS(=O)c1ccc(N)cc1OC. The fourth-order valence-electron chi connectivity index (χ4n) is 1.82. The van der Waals surface area contributed by atoms with Crippen molar-refractivity contribution in [2.45, 2.75) is 43.9 Å². The predicted molar refractivity (Wildman–Crippen MR) is 77.4 cm³/mol. The van der Waals surface area contributed by atoms with Crippen LogP contribution in [0.25, 0.3) is 0 Å². The summed E-state index contributed by atoms with van der Waals surface area (Å²) in [5.41, 5.74) is 6.31. The summed E-state index contributed by atoms with van der Waals surface area (Å²) in [7, 11) is 0.591. The largest absolute Gasteiger partial charge is 0.495 e. The standard InChI is InChI=1S/C14H23NO2S/c1-3-4-5-6-7-10-18(16)14-9-8-12(15)11-13(14)17-2/h8-9,11H,3-7,10,15H2,1-2H3. The minimum atomic E-state index is -0.989. The molecule has 0 saturated heterocycles. The number of nitrogen functional groups attached to an aromatic ring is 1. The lowest BCUT2D eigenvalue weighted by Crippen LogP contribution is -2.01. The second-order valence-electron chi connectivity index (χ2n) is 4.37. The summed E-state index contributed by atoms with van der Waals surface area (Å²) in [6.07, 6.45) is 5.87. The van der Waals surface area contributed by atoms with E-state index in [1.807, 2.05) is 0 Å². The van der Waals surface area contributed by atoms with Crippen molar-refractivity contribution < 1.29 is 8.95 Å². The average molecular weight is 269 g/mol. The normalized spacial score (nSPS) is 12.3. The van der Waals surface area contributed by atoms with Crippen LogP contribution in [-0.4, -0.2) is 17.1 Å². The first-order chi connectivity index (χ1) is 8.69. The molecule has 0 fully saturated rings. The molecule has 2 N–H and O–H groups in total. The van der Waals surface area contributed by atoms with Crippen molar-refractivity contribution in [1.82, 2.24) is 0 Å². The molecule has 18 heavy (non-hydrogen) atoms. The predicted octanol–water partition coefficient (Wildman–Crippen LogP) is 3.36. The molecule has 0 aromatic heterocycles. The quantitative estimate of drug-likeness (QED) is 0.581. The molecule has 0 radical (unpaired) electrons. The molecule has 0 saturated carbocycles. The van der Waals surface area contributed by atoms with Gasteiger partial charge in [-0.1, -0.05) is 32.6 Å². The molecule has 0 spiro atoms. The van der Waals surface area contributed by atoms with Gasteiger partial charge in [0.25, 0.3) is 0 Å². The average Bonchev–Trinajstić information content (AvgIpc) is 2.38. The zero-order valence-electron chi connectivity index (χ0n) is 11.3. The monoisotopic (exact) mass is 269 g/mol. The van der Waals surface area contributed by atoms with Gasteiger partial charge in [0.2, 0.25) is 0 Å².